The average Bonchev–Trinajstić information content (AvgIpc) is 2.69. The molecule has 0 radical (unpaired) electrons. The van der Waals surface area contributed by atoms with Crippen molar-refractivity contribution in [1.29, 1.82) is 0 Å². The van der Waals surface area contributed by atoms with E-state index in [0.29, 0.717) is 0 Å². The molecule has 3 unspecified atom stereocenters. The topological polar surface area (TPSA) is 6.48 Å². The number of nitrogens with zero attached hydrogens (tertiary/aromatic N) is 2. The normalized spacial score (nSPS) is 36.5. The van der Waals surface area contributed by atoms with E-state index in [1.54, 1.807) is 0 Å². The van der Waals surface area contributed by atoms with E-state index in [0.717, 1.165) is 23.3 Å². The van der Waals surface area contributed by atoms with Gasteiger partial charge < -0.3 is 4.90 Å². The first-order valence-corrected chi connectivity index (χ1v) is 8.34. The van der Waals surface area contributed by atoms with E-state index in [-0.39, 0.29) is 0 Å². The van der Waals surface area contributed by atoms with Gasteiger partial charge in [0, 0.05) is 17.4 Å². The predicted octanol–water partition coefficient (Wildman–Crippen LogP) is 2.97. The van der Waals surface area contributed by atoms with Crippen LogP contribution in [0.25, 0.3) is 0 Å². The summed E-state index contributed by atoms with van der Waals surface area (Å²) >= 11 is 3.68. The maximum atomic E-state index is 3.68. The average molecular weight is 303 g/mol. The molecule has 17 heavy (non-hydrogen) atoms. The Kier molecular flexibility index (Phi) is 5.31. The van der Waals surface area contributed by atoms with Crippen molar-refractivity contribution in [3.05, 3.63) is 0 Å². The third kappa shape index (κ3) is 3.45. The fourth-order valence-corrected chi connectivity index (χ4v) is 4.49. The molecule has 2 aliphatic rings. The van der Waals surface area contributed by atoms with Crippen molar-refractivity contribution in [3.8, 4) is 0 Å². The number of hydrogen-bond donors (Lipinski definition) is 0. The van der Waals surface area contributed by atoms with E-state index >= 15 is 0 Å². The highest BCUT2D eigenvalue weighted by Gasteiger charge is 2.30. The van der Waals surface area contributed by atoms with E-state index < -0.39 is 0 Å². The van der Waals surface area contributed by atoms with Gasteiger partial charge in [-0.05, 0) is 58.3 Å². The van der Waals surface area contributed by atoms with Crippen molar-refractivity contribution < 1.29 is 0 Å². The molecule has 0 amide bonds. The van der Waals surface area contributed by atoms with Gasteiger partial charge in [0.15, 0.2) is 0 Å². The van der Waals surface area contributed by atoms with Crippen LogP contribution < -0.4 is 0 Å². The van der Waals surface area contributed by atoms with Gasteiger partial charge in [0.1, 0.15) is 0 Å². The van der Waals surface area contributed by atoms with E-state index in [9.17, 15) is 0 Å². The molecule has 2 fully saturated rings. The lowest BCUT2D eigenvalue weighted by atomic mass is 9.99. The van der Waals surface area contributed by atoms with Gasteiger partial charge >= 0.3 is 0 Å². The van der Waals surface area contributed by atoms with Gasteiger partial charge in [-0.15, -0.1) is 0 Å². The highest BCUT2D eigenvalue weighted by molar-refractivity contribution is 9.09. The molecular weight excluding hydrogens is 276 g/mol. The Balaban J connectivity index is 1.77. The van der Waals surface area contributed by atoms with Crippen LogP contribution in [-0.4, -0.2) is 53.9 Å². The molecule has 3 atom stereocenters. The third-order valence-corrected chi connectivity index (χ3v) is 5.49. The first kappa shape index (κ1) is 13.8. The monoisotopic (exact) mass is 302 g/mol. The molecule has 2 saturated heterocycles. The fraction of sp³-hybridized carbons (Fsp3) is 1.00. The zero-order valence-corrected chi connectivity index (χ0v) is 13.0. The second kappa shape index (κ2) is 6.53. The standard InChI is InChI=1S/C14H27BrN2/c1-12-6-9-17(14(12)11-15)10-7-13-5-3-4-8-16(13)2/h12-14H,3-11H2,1-2H3. The number of piperidine rings is 1. The Bertz CT molecular complexity index is 234. The van der Waals surface area contributed by atoms with Crippen LogP contribution in [0.2, 0.25) is 0 Å². The van der Waals surface area contributed by atoms with Crippen molar-refractivity contribution in [2.24, 2.45) is 5.92 Å². The highest BCUT2D eigenvalue weighted by Crippen LogP contribution is 2.26. The zero-order chi connectivity index (χ0) is 12.3. The third-order valence-electron chi connectivity index (χ3n) is 4.83. The molecule has 0 spiro atoms. The summed E-state index contributed by atoms with van der Waals surface area (Å²) in [5.74, 6) is 0.874. The van der Waals surface area contributed by atoms with Crippen LogP contribution in [0.3, 0.4) is 0 Å². The number of likely N-dealkylation sites (tertiary alicyclic amines) is 2. The molecule has 2 heterocycles. The molecule has 2 rings (SSSR count). The minimum Gasteiger partial charge on any atom is -0.303 e. The van der Waals surface area contributed by atoms with Crippen LogP contribution >= 0.6 is 15.9 Å². The largest absolute Gasteiger partial charge is 0.303 e. The second-order valence-electron chi connectivity index (χ2n) is 5.94. The molecular formula is C14H27BrN2. The summed E-state index contributed by atoms with van der Waals surface area (Å²) < 4.78 is 0. The van der Waals surface area contributed by atoms with E-state index in [1.807, 2.05) is 0 Å². The predicted molar refractivity (Wildman–Crippen MR) is 77.8 cm³/mol. The van der Waals surface area contributed by atoms with E-state index in [4.69, 9.17) is 0 Å². The van der Waals surface area contributed by atoms with Crippen molar-refractivity contribution in [2.45, 2.75) is 51.1 Å². The highest BCUT2D eigenvalue weighted by atomic mass is 79.9. The first-order valence-electron chi connectivity index (χ1n) is 7.22. The summed E-state index contributed by atoms with van der Waals surface area (Å²) in [4.78, 5) is 5.29. The van der Waals surface area contributed by atoms with Crippen LogP contribution in [-0.2, 0) is 0 Å². The van der Waals surface area contributed by atoms with Gasteiger partial charge in [0.05, 0.1) is 0 Å². The maximum absolute atomic E-state index is 3.68. The molecule has 0 aromatic rings. The van der Waals surface area contributed by atoms with Gasteiger partial charge in [-0.25, -0.2) is 0 Å². The molecule has 0 aromatic heterocycles. The number of alkyl halides is 1. The quantitative estimate of drug-likeness (QED) is 0.737. The van der Waals surface area contributed by atoms with Crippen molar-refractivity contribution in [2.75, 3.05) is 32.0 Å². The molecule has 2 nitrogen and oxygen atoms in total. The molecule has 0 N–H and O–H groups in total. The SMILES string of the molecule is CC1CCN(CCC2CCCCN2C)C1CBr. The lowest BCUT2D eigenvalue weighted by molar-refractivity contribution is 0.150. The van der Waals surface area contributed by atoms with E-state index in [1.165, 1.54) is 51.7 Å². The molecule has 0 aromatic carbocycles. The molecule has 0 bridgehead atoms. The van der Waals surface area contributed by atoms with Gasteiger partial charge in [-0.2, -0.15) is 0 Å². The summed E-state index contributed by atoms with van der Waals surface area (Å²) in [7, 11) is 2.30. The Labute approximate surface area is 115 Å². The molecule has 3 heteroatoms. The van der Waals surface area contributed by atoms with E-state index in [2.05, 4.69) is 39.7 Å². The number of rotatable bonds is 4. The zero-order valence-electron chi connectivity index (χ0n) is 11.4. The van der Waals surface area contributed by atoms with Crippen molar-refractivity contribution in [3.63, 3.8) is 0 Å². The Hall–Kier alpha value is 0.400. The van der Waals surface area contributed by atoms with Crippen LogP contribution in [0.5, 0.6) is 0 Å². The van der Waals surface area contributed by atoms with Crippen LogP contribution in [0, 0.1) is 5.92 Å². The van der Waals surface area contributed by atoms with Crippen LogP contribution in [0.15, 0.2) is 0 Å². The minimum atomic E-state index is 0.781. The van der Waals surface area contributed by atoms with Gasteiger partial charge in [-0.1, -0.05) is 29.3 Å². The Morgan fingerprint density at radius 1 is 1.18 bits per heavy atom. The van der Waals surface area contributed by atoms with Gasteiger partial charge in [-0.3, -0.25) is 4.90 Å². The molecule has 0 saturated carbocycles. The number of halogens is 1. The van der Waals surface area contributed by atoms with Crippen molar-refractivity contribution >= 4 is 15.9 Å². The number of hydrogen-bond acceptors (Lipinski definition) is 2. The summed E-state index contributed by atoms with van der Waals surface area (Å²) in [6.07, 6.45) is 7.01. The van der Waals surface area contributed by atoms with Crippen molar-refractivity contribution in [1.82, 2.24) is 9.80 Å². The Morgan fingerprint density at radius 3 is 2.71 bits per heavy atom. The lowest BCUT2D eigenvalue weighted by Gasteiger charge is -2.34. The van der Waals surface area contributed by atoms with Crippen LogP contribution in [0.4, 0.5) is 0 Å². The molecule has 2 aliphatic heterocycles. The van der Waals surface area contributed by atoms with Crippen LogP contribution in [0.1, 0.15) is 39.0 Å². The van der Waals surface area contributed by atoms with Gasteiger partial charge in [0.25, 0.3) is 0 Å². The summed E-state index contributed by atoms with van der Waals surface area (Å²) in [6.45, 7) is 6.32. The lowest BCUT2D eigenvalue weighted by Crippen LogP contribution is -2.41. The fourth-order valence-electron chi connectivity index (χ4n) is 3.44. The van der Waals surface area contributed by atoms with Gasteiger partial charge in [0.2, 0.25) is 0 Å². The Morgan fingerprint density at radius 2 is 2.00 bits per heavy atom. The first-order chi connectivity index (χ1) is 8.22. The summed E-state index contributed by atoms with van der Waals surface area (Å²) in [5, 5.41) is 1.15. The maximum Gasteiger partial charge on any atom is 0.0218 e. The summed E-state index contributed by atoms with van der Waals surface area (Å²) in [6, 6.07) is 1.62. The minimum absolute atomic E-state index is 0.781. The summed E-state index contributed by atoms with van der Waals surface area (Å²) in [5.41, 5.74) is 0. The molecule has 0 aliphatic carbocycles. The molecule has 100 valence electrons. The second-order valence-corrected chi connectivity index (χ2v) is 6.59. The smallest absolute Gasteiger partial charge is 0.0218 e.